The van der Waals surface area contributed by atoms with E-state index in [2.05, 4.69) is 0 Å². The molecule has 0 amide bonds. The summed E-state index contributed by atoms with van der Waals surface area (Å²) >= 11 is 0. The standard InChI is InChI=1S/C6H7N.CH2O3.Na.H/c7-6-4-2-1-3-5-6;2-1(3)4;;/h1-5H,7H2;(H2,2,3,4);;. The molecule has 0 saturated carbocycles. The van der Waals surface area contributed by atoms with Gasteiger partial charge in [-0.1, -0.05) is 18.2 Å². The molecule has 0 aliphatic rings. The molecule has 4 nitrogen and oxygen atoms in total. The quantitative estimate of drug-likeness (QED) is 0.407. The minimum atomic E-state index is -1.83. The SMILES string of the molecule is Nc1ccccc1.O=C(O)O.[NaH]. The summed E-state index contributed by atoms with van der Waals surface area (Å²) in [5.74, 6) is 0. The van der Waals surface area contributed by atoms with Gasteiger partial charge in [0.15, 0.2) is 0 Å². The number of hydrogen-bond donors (Lipinski definition) is 3. The molecule has 0 atom stereocenters. The molecule has 0 saturated heterocycles. The molecule has 0 heterocycles. The van der Waals surface area contributed by atoms with Crippen molar-refractivity contribution >= 4 is 41.4 Å². The second kappa shape index (κ2) is 8.39. The predicted octanol–water partition coefficient (Wildman–Crippen LogP) is 0.843. The van der Waals surface area contributed by atoms with E-state index in [1.807, 2.05) is 30.3 Å². The van der Waals surface area contributed by atoms with Crippen LogP contribution in [0.3, 0.4) is 0 Å². The maximum atomic E-state index is 8.56. The second-order valence-corrected chi connectivity index (χ2v) is 1.69. The van der Waals surface area contributed by atoms with Crippen LogP contribution in [-0.4, -0.2) is 45.9 Å². The first kappa shape index (κ1) is 13.9. The number of nitrogen functional groups attached to an aromatic ring is 1. The maximum absolute atomic E-state index is 8.56. The Hall–Kier alpha value is -0.710. The number of nitrogens with two attached hydrogens (primary N) is 1. The van der Waals surface area contributed by atoms with Gasteiger partial charge in [0, 0.05) is 5.69 Å². The van der Waals surface area contributed by atoms with Crippen LogP contribution in [0.1, 0.15) is 0 Å². The summed E-state index contributed by atoms with van der Waals surface area (Å²) in [5.41, 5.74) is 6.18. The van der Waals surface area contributed by atoms with Gasteiger partial charge in [0.25, 0.3) is 0 Å². The van der Waals surface area contributed by atoms with Crippen LogP contribution in [0.2, 0.25) is 0 Å². The molecule has 62 valence electrons. The number of para-hydroxylation sites is 1. The molecule has 12 heavy (non-hydrogen) atoms. The van der Waals surface area contributed by atoms with Crippen molar-refractivity contribution < 1.29 is 15.0 Å². The van der Waals surface area contributed by atoms with Crippen LogP contribution in [-0.2, 0) is 0 Å². The Balaban J connectivity index is 0. The van der Waals surface area contributed by atoms with Crippen molar-refractivity contribution in [3.8, 4) is 0 Å². The Labute approximate surface area is 92.3 Å². The third-order valence-corrected chi connectivity index (χ3v) is 0.800. The molecule has 0 aliphatic carbocycles. The number of rotatable bonds is 0. The predicted molar refractivity (Wildman–Crippen MR) is 48.7 cm³/mol. The fourth-order valence-electron chi connectivity index (χ4n) is 0.453. The number of carboxylic acid groups (broad SMARTS) is 2. The summed E-state index contributed by atoms with van der Waals surface area (Å²) in [5, 5.41) is 13.9. The zero-order chi connectivity index (χ0) is 8.69. The molecular weight excluding hydrogens is 169 g/mol. The van der Waals surface area contributed by atoms with E-state index in [0.717, 1.165) is 5.69 Å². The Morgan fingerprint density at radius 2 is 1.50 bits per heavy atom. The fraction of sp³-hybridized carbons (Fsp3) is 0. The number of hydrogen-bond acceptors (Lipinski definition) is 2. The molecule has 0 fully saturated rings. The van der Waals surface area contributed by atoms with Crippen molar-refractivity contribution in [2.75, 3.05) is 5.73 Å². The zero-order valence-electron chi connectivity index (χ0n) is 5.77. The summed E-state index contributed by atoms with van der Waals surface area (Å²) in [7, 11) is 0. The van der Waals surface area contributed by atoms with Gasteiger partial charge in [0.05, 0.1) is 0 Å². The number of anilines is 1. The molecule has 1 rings (SSSR count). The van der Waals surface area contributed by atoms with Crippen molar-refractivity contribution in [1.29, 1.82) is 0 Å². The Morgan fingerprint density at radius 1 is 1.17 bits per heavy atom. The van der Waals surface area contributed by atoms with Crippen LogP contribution in [0.5, 0.6) is 0 Å². The summed E-state index contributed by atoms with van der Waals surface area (Å²) in [6.07, 6.45) is -1.83. The molecule has 4 N–H and O–H groups in total. The molecule has 0 spiro atoms. The first-order chi connectivity index (χ1) is 5.13. The summed E-state index contributed by atoms with van der Waals surface area (Å²) in [6, 6.07) is 9.49. The Kier molecular flexibility index (Phi) is 9.68. The number of carbonyl (C=O) groups is 1. The topological polar surface area (TPSA) is 83.6 Å². The van der Waals surface area contributed by atoms with Gasteiger partial charge in [0.2, 0.25) is 0 Å². The third-order valence-electron chi connectivity index (χ3n) is 0.800. The average molecular weight is 179 g/mol. The molecule has 0 aliphatic heterocycles. The molecule has 0 radical (unpaired) electrons. The van der Waals surface area contributed by atoms with Crippen LogP contribution in [0.15, 0.2) is 30.3 Å². The van der Waals surface area contributed by atoms with E-state index in [0.29, 0.717) is 0 Å². The Bertz CT molecular complexity index is 211. The van der Waals surface area contributed by atoms with Crippen LogP contribution >= 0.6 is 0 Å². The summed E-state index contributed by atoms with van der Waals surface area (Å²) in [4.78, 5) is 8.56. The number of benzene rings is 1. The Morgan fingerprint density at radius 3 is 1.67 bits per heavy atom. The molecule has 0 bridgehead atoms. The molecule has 5 heteroatoms. The van der Waals surface area contributed by atoms with Gasteiger partial charge in [0.1, 0.15) is 0 Å². The van der Waals surface area contributed by atoms with E-state index in [1.165, 1.54) is 0 Å². The first-order valence-corrected chi connectivity index (χ1v) is 2.85. The van der Waals surface area contributed by atoms with Gasteiger partial charge < -0.3 is 15.9 Å². The van der Waals surface area contributed by atoms with E-state index in [-0.39, 0.29) is 29.6 Å². The first-order valence-electron chi connectivity index (χ1n) is 2.85. The van der Waals surface area contributed by atoms with E-state index < -0.39 is 6.16 Å². The molecular formula is C7H10NNaO3. The van der Waals surface area contributed by atoms with Crippen LogP contribution in [0.4, 0.5) is 10.5 Å². The summed E-state index contributed by atoms with van der Waals surface area (Å²) < 4.78 is 0. The van der Waals surface area contributed by atoms with Crippen LogP contribution < -0.4 is 5.73 Å². The van der Waals surface area contributed by atoms with Crippen molar-refractivity contribution in [3.63, 3.8) is 0 Å². The van der Waals surface area contributed by atoms with Gasteiger partial charge in [-0.25, -0.2) is 4.79 Å². The molecule has 1 aromatic carbocycles. The van der Waals surface area contributed by atoms with E-state index >= 15 is 0 Å². The zero-order valence-corrected chi connectivity index (χ0v) is 5.77. The van der Waals surface area contributed by atoms with Gasteiger partial charge in [-0.2, -0.15) is 0 Å². The van der Waals surface area contributed by atoms with E-state index in [1.54, 1.807) is 0 Å². The van der Waals surface area contributed by atoms with Gasteiger partial charge in [-0.3, -0.25) is 0 Å². The normalized spacial score (nSPS) is 7.00. The third kappa shape index (κ3) is 12.0. The minimum absolute atomic E-state index is 0. The van der Waals surface area contributed by atoms with Gasteiger partial charge >= 0.3 is 35.7 Å². The summed E-state index contributed by atoms with van der Waals surface area (Å²) in [6.45, 7) is 0. The van der Waals surface area contributed by atoms with Crippen molar-refractivity contribution in [1.82, 2.24) is 0 Å². The van der Waals surface area contributed by atoms with Gasteiger partial charge in [-0.05, 0) is 12.1 Å². The van der Waals surface area contributed by atoms with Crippen molar-refractivity contribution in [2.45, 2.75) is 0 Å². The van der Waals surface area contributed by atoms with E-state index in [4.69, 9.17) is 20.7 Å². The molecule has 0 aromatic heterocycles. The van der Waals surface area contributed by atoms with Crippen molar-refractivity contribution in [2.24, 2.45) is 0 Å². The second-order valence-electron chi connectivity index (χ2n) is 1.69. The van der Waals surface area contributed by atoms with Crippen LogP contribution in [0.25, 0.3) is 0 Å². The van der Waals surface area contributed by atoms with Crippen LogP contribution in [0, 0.1) is 0 Å². The van der Waals surface area contributed by atoms with E-state index in [9.17, 15) is 0 Å². The average Bonchev–Trinajstić information content (AvgIpc) is 1.87. The van der Waals surface area contributed by atoms with Crippen molar-refractivity contribution in [3.05, 3.63) is 30.3 Å². The molecule has 0 unspecified atom stereocenters. The van der Waals surface area contributed by atoms with Gasteiger partial charge in [-0.15, -0.1) is 0 Å². The fourth-order valence-corrected chi connectivity index (χ4v) is 0.453. The molecule has 1 aromatic rings. The monoisotopic (exact) mass is 179 g/mol.